The van der Waals surface area contributed by atoms with Crippen LogP contribution >= 0.6 is 0 Å². The molecule has 0 spiro atoms. The Morgan fingerprint density at radius 2 is 1.95 bits per heavy atom. The Balaban J connectivity index is 1.83. The Labute approximate surface area is 119 Å². The molecule has 19 heavy (non-hydrogen) atoms. The van der Waals surface area contributed by atoms with Gasteiger partial charge in [0.05, 0.1) is 0 Å². The van der Waals surface area contributed by atoms with Gasteiger partial charge in [-0.1, -0.05) is 44.9 Å². The van der Waals surface area contributed by atoms with Crippen molar-refractivity contribution >= 4 is 0 Å². The molecule has 1 fully saturated rings. The maximum absolute atomic E-state index is 2.49. The third-order valence-electron chi connectivity index (χ3n) is 6.07. The van der Waals surface area contributed by atoms with E-state index in [-0.39, 0.29) is 0 Å². The zero-order chi connectivity index (χ0) is 13.4. The lowest BCUT2D eigenvalue weighted by Crippen LogP contribution is -2.33. The molecule has 0 N–H and O–H groups in total. The van der Waals surface area contributed by atoms with Gasteiger partial charge in [0.25, 0.3) is 0 Å². The van der Waals surface area contributed by atoms with Crippen molar-refractivity contribution in [3.8, 4) is 0 Å². The third-order valence-corrected chi connectivity index (χ3v) is 6.07. The van der Waals surface area contributed by atoms with Crippen molar-refractivity contribution in [2.45, 2.75) is 65.7 Å². The zero-order valence-electron chi connectivity index (χ0n) is 13.0. The van der Waals surface area contributed by atoms with E-state index >= 15 is 0 Å². The monoisotopic (exact) mass is 258 g/mol. The van der Waals surface area contributed by atoms with Crippen molar-refractivity contribution in [3.63, 3.8) is 0 Å². The SMILES string of the molecule is CC1CCC(C(C)C)C(C2CCC3=C2C=CCC3)C1. The van der Waals surface area contributed by atoms with Crippen molar-refractivity contribution in [3.05, 3.63) is 23.3 Å². The average Bonchev–Trinajstić information content (AvgIpc) is 2.82. The molecule has 4 atom stereocenters. The van der Waals surface area contributed by atoms with Gasteiger partial charge in [-0.05, 0) is 73.7 Å². The molecule has 0 nitrogen and oxygen atoms in total. The van der Waals surface area contributed by atoms with E-state index in [1.165, 1.54) is 44.9 Å². The van der Waals surface area contributed by atoms with Crippen LogP contribution in [0.5, 0.6) is 0 Å². The van der Waals surface area contributed by atoms with E-state index in [4.69, 9.17) is 0 Å². The number of hydrogen-bond acceptors (Lipinski definition) is 0. The number of rotatable bonds is 2. The van der Waals surface area contributed by atoms with Crippen LogP contribution in [0.2, 0.25) is 0 Å². The van der Waals surface area contributed by atoms with Gasteiger partial charge in [-0.25, -0.2) is 0 Å². The molecule has 0 bridgehead atoms. The largest absolute Gasteiger partial charge is 0.0839 e. The molecular formula is C19H30. The second-order valence-electron chi connectivity index (χ2n) is 7.64. The number of hydrogen-bond donors (Lipinski definition) is 0. The van der Waals surface area contributed by atoms with E-state index in [0.29, 0.717) is 0 Å². The molecule has 0 saturated heterocycles. The van der Waals surface area contributed by atoms with Crippen LogP contribution in [0, 0.1) is 29.6 Å². The first-order chi connectivity index (χ1) is 9.16. The first-order valence-corrected chi connectivity index (χ1v) is 8.55. The quantitative estimate of drug-likeness (QED) is 0.591. The summed E-state index contributed by atoms with van der Waals surface area (Å²) in [7, 11) is 0. The van der Waals surface area contributed by atoms with E-state index in [1.54, 1.807) is 5.57 Å². The lowest BCUT2D eigenvalue weighted by molar-refractivity contribution is 0.106. The molecule has 0 aromatic carbocycles. The van der Waals surface area contributed by atoms with Gasteiger partial charge in [-0.2, -0.15) is 0 Å². The highest BCUT2D eigenvalue weighted by Gasteiger charge is 2.39. The molecule has 0 heteroatoms. The maximum Gasteiger partial charge on any atom is -0.0128 e. The van der Waals surface area contributed by atoms with Gasteiger partial charge >= 0.3 is 0 Å². The molecule has 3 aliphatic rings. The fourth-order valence-electron chi connectivity index (χ4n) is 5.05. The molecule has 3 aliphatic carbocycles. The van der Waals surface area contributed by atoms with E-state index in [2.05, 4.69) is 32.9 Å². The minimum atomic E-state index is 0.870. The van der Waals surface area contributed by atoms with Crippen LogP contribution in [0.25, 0.3) is 0 Å². The van der Waals surface area contributed by atoms with E-state index in [1.807, 2.05) is 5.57 Å². The predicted molar refractivity (Wildman–Crippen MR) is 83.0 cm³/mol. The van der Waals surface area contributed by atoms with Gasteiger partial charge in [0.1, 0.15) is 0 Å². The highest BCUT2D eigenvalue weighted by molar-refractivity contribution is 5.36. The van der Waals surface area contributed by atoms with Crippen molar-refractivity contribution in [2.75, 3.05) is 0 Å². The van der Waals surface area contributed by atoms with E-state index in [0.717, 1.165) is 29.6 Å². The molecule has 4 unspecified atom stereocenters. The molecule has 0 radical (unpaired) electrons. The minimum absolute atomic E-state index is 0.870. The van der Waals surface area contributed by atoms with Crippen molar-refractivity contribution < 1.29 is 0 Å². The predicted octanol–water partition coefficient (Wildman–Crippen LogP) is 5.75. The molecule has 0 aromatic rings. The first kappa shape index (κ1) is 13.5. The van der Waals surface area contributed by atoms with Crippen molar-refractivity contribution in [1.82, 2.24) is 0 Å². The van der Waals surface area contributed by atoms with Gasteiger partial charge in [-0.15, -0.1) is 0 Å². The van der Waals surface area contributed by atoms with Crippen molar-refractivity contribution in [2.24, 2.45) is 29.6 Å². The normalized spacial score (nSPS) is 38.9. The Bertz CT molecular complexity index is 385. The van der Waals surface area contributed by atoms with E-state index in [9.17, 15) is 0 Å². The van der Waals surface area contributed by atoms with Crippen LogP contribution < -0.4 is 0 Å². The van der Waals surface area contributed by atoms with Gasteiger partial charge < -0.3 is 0 Å². The molecule has 1 saturated carbocycles. The van der Waals surface area contributed by atoms with Crippen LogP contribution in [-0.2, 0) is 0 Å². The summed E-state index contributed by atoms with van der Waals surface area (Å²) in [4.78, 5) is 0. The lowest BCUT2D eigenvalue weighted by atomic mass is 9.64. The van der Waals surface area contributed by atoms with Crippen molar-refractivity contribution in [1.29, 1.82) is 0 Å². The van der Waals surface area contributed by atoms with Gasteiger partial charge in [-0.3, -0.25) is 0 Å². The second kappa shape index (κ2) is 5.46. The van der Waals surface area contributed by atoms with Gasteiger partial charge in [0, 0.05) is 0 Å². The highest BCUT2D eigenvalue weighted by atomic mass is 14.4. The summed E-state index contributed by atoms with van der Waals surface area (Å²) < 4.78 is 0. The first-order valence-electron chi connectivity index (χ1n) is 8.55. The highest BCUT2D eigenvalue weighted by Crippen LogP contribution is 2.50. The van der Waals surface area contributed by atoms with Crippen LogP contribution in [0.4, 0.5) is 0 Å². The average molecular weight is 258 g/mol. The molecule has 0 heterocycles. The smallest absolute Gasteiger partial charge is 0.0128 e. The van der Waals surface area contributed by atoms with Gasteiger partial charge in [0.15, 0.2) is 0 Å². The van der Waals surface area contributed by atoms with Gasteiger partial charge in [0.2, 0.25) is 0 Å². The van der Waals surface area contributed by atoms with Crippen LogP contribution in [-0.4, -0.2) is 0 Å². The summed E-state index contributed by atoms with van der Waals surface area (Å²) in [5, 5.41) is 0. The standard InChI is InChI=1S/C19H30/c1-13(2)16-10-8-14(3)12-19(16)18-11-9-15-6-4-5-7-17(15)18/h5,7,13-14,16,18-19H,4,6,8-12H2,1-3H3. The lowest BCUT2D eigenvalue weighted by Gasteiger charge is -2.41. The molecule has 0 aliphatic heterocycles. The summed E-state index contributed by atoms with van der Waals surface area (Å²) >= 11 is 0. The van der Waals surface area contributed by atoms with E-state index < -0.39 is 0 Å². The fraction of sp³-hybridized carbons (Fsp3) is 0.789. The molecule has 0 amide bonds. The van der Waals surface area contributed by atoms with Crippen LogP contribution in [0.1, 0.15) is 65.7 Å². The molecule has 3 rings (SSSR count). The minimum Gasteiger partial charge on any atom is -0.0839 e. The number of allylic oxidation sites excluding steroid dienone is 4. The Morgan fingerprint density at radius 1 is 1.11 bits per heavy atom. The Morgan fingerprint density at radius 3 is 2.74 bits per heavy atom. The Hall–Kier alpha value is -0.520. The van der Waals surface area contributed by atoms with Crippen LogP contribution in [0.3, 0.4) is 0 Å². The molecule has 106 valence electrons. The summed E-state index contributed by atoms with van der Waals surface area (Å²) in [6, 6.07) is 0. The maximum atomic E-state index is 2.49. The third kappa shape index (κ3) is 2.56. The topological polar surface area (TPSA) is 0 Å². The zero-order valence-corrected chi connectivity index (χ0v) is 13.0. The second-order valence-corrected chi connectivity index (χ2v) is 7.64. The summed E-state index contributed by atoms with van der Waals surface area (Å²) in [5.74, 6) is 4.68. The van der Waals surface area contributed by atoms with Crippen LogP contribution in [0.15, 0.2) is 23.3 Å². The molecule has 0 aromatic heterocycles. The summed E-state index contributed by atoms with van der Waals surface area (Å²) in [6.07, 6.45) is 14.9. The summed E-state index contributed by atoms with van der Waals surface area (Å²) in [5.41, 5.74) is 3.59. The fourth-order valence-corrected chi connectivity index (χ4v) is 5.05. The Kier molecular flexibility index (Phi) is 3.87. The summed E-state index contributed by atoms with van der Waals surface area (Å²) in [6.45, 7) is 7.38. The molecular weight excluding hydrogens is 228 g/mol.